The zero-order valence-corrected chi connectivity index (χ0v) is 18.1. The summed E-state index contributed by atoms with van der Waals surface area (Å²) in [6, 6.07) is 9.84. The molecule has 0 aromatic heterocycles. The van der Waals surface area contributed by atoms with E-state index in [4.69, 9.17) is 4.99 Å². The molecule has 1 fully saturated rings. The van der Waals surface area contributed by atoms with Crippen LogP contribution in [-0.2, 0) is 13.1 Å². The molecule has 2 atom stereocenters. The van der Waals surface area contributed by atoms with E-state index in [0.717, 1.165) is 38.7 Å². The normalized spacial score (nSPS) is 21.3. The van der Waals surface area contributed by atoms with Crippen LogP contribution in [0.15, 0.2) is 29.3 Å². The highest BCUT2D eigenvalue weighted by Crippen LogP contribution is 2.18. The number of hydrogen-bond acceptors (Lipinski definition) is 3. The summed E-state index contributed by atoms with van der Waals surface area (Å²) in [7, 11) is 2.15. The van der Waals surface area contributed by atoms with Crippen molar-refractivity contribution in [3.63, 3.8) is 0 Å². The van der Waals surface area contributed by atoms with Crippen LogP contribution in [0.3, 0.4) is 0 Å². The van der Waals surface area contributed by atoms with Gasteiger partial charge in [-0.25, -0.2) is 4.99 Å². The molecular weight excluding hydrogens is 334 g/mol. The van der Waals surface area contributed by atoms with Gasteiger partial charge in [0, 0.05) is 38.3 Å². The van der Waals surface area contributed by atoms with Crippen LogP contribution in [0.4, 0.5) is 0 Å². The zero-order valence-electron chi connectivity index (χ0n) is 18.1. The first-order valence-electron chi connectivity index (χ1n) is 10.5. The van der Waals surface area contributed by atoms with Crippen LogP contribution in [0, 0.1) is 5.92 Å². The minimum atomic E-state index is 0.453. The van der Waals surface area contributed by atoms with E-state index < -0.39 is 0 Å². The van der Waals surface area contributed by atoms with Crippen molar-refractivity contribution in [2.45, 2.75) is 59.8 Å². The summed E-state index contributed by atoms with van der Waals surface area (Å²) < 4.78 is 0. The molecule has 2 unspecified atom stereocenters. The van der Waals surface area contributed by atoms with E-state index in [1.165, 1.54) is 11.1 Å². The molecule has 0 spiro atoms. The van der Waals surface area contributed by atoms with E-state index in [2.05, 4.69) is 86.4 Å². The molecule has 152 valence electrons. The second kappa shape index (κ2) is 10.7. The van der Waals surface area contributed by atoms with Crippen molar-refractivity contribution in [3.05, 3.63) is 35.4 Å². The molecule has 5 heteroatoms. The Bertz CT molecular complexity index is 598. The van der Waals surface area contributed by atoms with Crippen LogP contribution < -0.4 is 10.6 Å². The summed E-state index contributed by atoms with van der Waals surface area (Å²) in [6.45, 7) is 17.1. The van der Waals surface area contributed by atoms with E-state index in [-0.39, 0.29) is 0 Å². The van der Waals surface area contributed by atoms with Gasteiger partial charge in [-0.3, -0.25) is 4.90 Å². The molecule has 0 bridgehead atoms. The standard InChI is InChI=1S/C22H39N5/c1-7-23-22(25-21-16-27(17(3)4)14-18(21)5)24-13-19-10-9-11-20(12-19)15-26(6)8-2/h9-12,17-18,21H,7-8,13-16H2,1-6H3,(H2,23,24,25). The Morgan fingerprint density at radius 1 is 1.26 bits per heavy atom. The van der Waals surface area contributed by atoms with Gasteiger partial charge in [0.25, 0.3) is 0 Å². The number of guanidine groups is 1. The lowest BCUT2D eigenvalue weighted by Crippen LogP contribution is -2.46. The third kappa shape index (κ3) is 6.82. The summed E-state index contributed by atoms with van der Waals surface area (Å²) in [6.07, 6.45) is 0. The summed E-state index contributed by atoms with van der Waals surface area (Å²) in [5, 5.41) is 7.08. The van der Waals surface area contributed by atoms with E-state index in [1.807, 2.05) is 0 Å². The number of rotatable bonds is 8. The van der Waals surface area contributed by atoms with Gasteiger partial charge in [-0.15, -0.1) is 0 Å². The van der Waals surface area contributed by atoms with E-state index >= 15 is 0 Å². The average Bonchev–Trinajstić information content (AvgIpc) is 3.01. The molecule has 2 rings (SSSR count). The quantitative estimate of drug-likeness (QED) is 0.543. The topological polar surface area (TPSA) is 42.9 Å². The van der Waals surface area contributed by atoms with Gasteiger partial charge in [0.2, 0.25) is 0 Å². The fraction of sp³-hybridized carbons (Fsp3) is 0.682. The van der Waals surface area contributed by atoms with Crippen molar-refractivity contribution in [1.82, 2.24) is 20.4 Å². The molecule has 1 aliphatic rings. The highest BCUT2D eigenvalue weighted by molar-refractivity contribution is 5.80. The van der Waals surface area contributed by atoms with Gasteiger partial charge >= 0.3 is 0 Å². The first-order chi connectivity index (χ1) is 12.9. The van der Waals surface area contributed by atoms with Crippen molar-refractivity contribution in [2.24, 2.45) is 10.9 Å². The number of hydrogen-bond donors (Lipinski definition) is 2. The lowest BCUT2D eigenvalue weighted by Gasteiger charge is -2.22. The van der Waals surface area contributed by atoms with Gasteiger partial charge in [-0.05, 0) is 51.4 Å². The summed E-state index contributed by atoms with van der Waals surface area (Å²) in [5.74, 6) is 1.56. The van der Waals surface area contributed by atoms with Crippen LogP contribution in [0.1, 0.15) is 45.7 Å². The van der Waals surface area contributed by atoms with Gasteiger partial charge in [0.05, 0.1) is 6.54 Å². The second-order valence-electron chi connectivity index (χ2n) is 8.12. The fourth-order valence-corrected chi connectivity index (χ4v) is 3.53. The Balaban J connectivity index is 2.00. The van der Waals surface area contributed by atoms with Gasteiger partial charge < -0.3 is 15.5 Å². The van der Waals surface area contributed by atoms with Gasteiger partial charge in [-0.1, -0.05) is 38.1 Å². The molecule has 0 saturated carbocycles. The molecule has 0 aliphatic carbocycles. The smallest absolute Gasteiger partial charge is 0.191 e. The average molecular weight is 374 g/mol. The predicted molar refractivity (Wildman–Crippen MR) is 116 cm³/mol. The maximum Gasteiger partial charge on any atom is 0.191 e. The van der Waals surface area contributed by atoms with Gasteiger partial charge in [0.1, 0.15) is 0 Å². The Morgan fingerprint density at radius 2 is 2.00 bits per heavy atom. The van der Waals surface area contributed by atoms with Crippen molar-refractivity contribution >= 4 is 5.96 Å². The Hall–Kier alpha value is -1.59. The fourth-order valence-electron chi connectivity index (χ4n) is 3.53. The summed E-state index contributed by atoms with van der Waals surface area (Å²) >= 11 is 0. The van der Waals surface area contributed by atoms with Crippen LogP contribution in [0.25, 0.3) is 0 Å². The minimum Gasteiger partial charge on any atom is -0.357 e. The molecule has 27 heavy (non-hydrogen) atoms. The maximum absolute atomic E-state index is 4.85. The molecule has 1 heterocycles. The summed E-state index contributed by atoms with van der Waals surface area (Å²) in [4.78, 5) is 9.71. The molecule has 0 radical (unpaired) electrons. The SMILES string of the molecule is CCNC(=NCc1cccc(CN(C)CC)c1)NC1CN(C(C)C)CC1C. The highest BCUT2D eigenvalue weighted by atomic mass is 15.3. The van der Waals surface area contributed by atoms with Gasteiger partial charge in [0.15, 0.2) is 5.96 Å². The molecule has 1 aromatic carbocycles. The summed E-state index contributed by atoms with van der Waals surface area (Å²) in [5.41, 5.74) is 2.61. The predicted octanol–water partition coefficient (Wildman–Crippen LogP) is 2.92. The van der Waals surface area contributed by atoms with Crippen molar-refractivity contribution in [1.29, 1.82) is 0 Å². The highest BCUT2D eigenvalue weighted by Gasteiger charge is 2.31. The third-order valence-corrected chi connectivity index (χ3v) is 5.44. The van der Waals surface area contributed by atoms with Crippen molar-refractivity contribution in [3.8, 4) is 0 Å². The molecule has 0 amide bonds. The number of aliphatic imine (C=N–C) groups is 1. The maximum atomic E-state index is 4.85. The first-order valence-corrected chi connectivity index (χ1v) is 10.5. The van der Waals surface area contributed by atoms with Crippen LogP contribution in [-0.4, -0.2) is 61.1 Å². The number of nitrogens with one attached hydrogen (secondary N) is 2. The Labute approximate surface area is 166 Å². The van der Waals surface area contributed by atoms with Crippen LogP contribution >= 0.6 is 0 Å². The molecule has 1 aromatic rings. The van der Waals surface area contributed by atoms with E-state index in [9.17, 15) is 0 Å². The van der Waals surface area contributed by atoms with Crippen molar-refractivity contribution in [2.75, 3.05) is 33.2 Å². The first kappa shape index (κ1) is 21.7. The zero-order chi connectivity index (χ0) is 19.8. The molecule has 2 N–H and O–H groups in total. The Morgan fingerprint density at radius 3 is 2.63 bits per heavy atom. The lowest BCUT2D eigenvalue weighted by molar-refractivity contribution is 0.265. The lowest BCUT2D eigenvalue weighted by atomic mass is 10.1. The number of likely N-dealkylation sites (tertiary alicyclic amines) is 1. The molecule has 1 saturated heterocycles. The monoisotopic (exact) mass is 373 g/mol. The number of nitrogens with zero attached hydrogens (tertiary/aromatic N) is 3. The Kier molecular flexibility index (Phi) is 8.58. The molecule has 5 nitrogen and oxygen atoms in total. The van der Waals surface area contributed by atoms with Crippen LogP contribution in [0.2, 0.25) is 0 Å². The largest absolute Gasteiger partial charge is 0.357 e. The van der Waals surface area contributed by atoms with Crippen molar-refractivity contribution < 1.29 is 0 Å². The minimum absolute atomic E-state index is 0.453. The van der Waals surface area contributed by atoms with Crippen LogP contribution in [0.5, 0.6) is 0 Å². The molecular formula is C22H39N5. The number of benzene rings is 1. The van der Waals surface area contributed by atoms with E-state index in [0.29, 0.717) is 24.5 Å². The van der Waals surface area contributed by atoms with Gasteiger partial charge in [-0.2, -0.15) is 0 Å². The second-order valence-corrected chi connectivity index (χ2v) is 8.12. The third-order valence-electron chi connectivity index (χ3n) is 5.44. The molecule has 1 aliphatic heterocycles. The van der Waals surface area contributed by atoms with E-state index in [1.54, 1.807) is 0 Å².